The molecule has 4 fully saturated rings. The second-order valence-electron chi connectivity index (χ2n) is 11.5. The van der Waals surface area contributed by atoms with Gasteiger partial charge >= 0.3 is 0 Å². The summed E-state index contributed by atoms with van der Waals surface area (Å²) in [7, 11) is 0. The molecule has 0 aromatic heterocycles. The Balaban J connectivity index is 1.41. The fraction of sp³-hybridized carbons (Fsp3) is 0.778. The number of halogens is 1. The summed E-state index contributed by atoms with van der Waals surface area (Å²) < 4.78 is 6.55. The van der Waals surface area contributed by atoms with E-state index in [0.29, 0.717) is 16.9 Å². The van der Waals surface area contributed by atoms with Crippen LogP contribution in [0.25, 0.3) is 0 Å². The average molecular weight is 415 g/mol. The molecule has 1 aromatic carbocycles. The van der Waals surface area contributed by atoms with E-state index in [9.17, 15) is 0 Å². The van der Waals surface area contributed by atoms with Gasteiger partial charge in [0.15, 0.2) is 0 Å². The minimum Gasteiger partial charge on any atom is -0.490 e. The van der Waals surface area contributed by atoms with Gasteiger partial charge in [0.2, 0.25) is 0 Å². The van der Waals surface area contributed by atoms with E-state index in [1.54, 1.807) is 0 Å². The van der Waals surface area contributed by atoms with Gasteiger partial charge in [-0.2, -0.15) is 0 Å². The van der Waals surface area contributed by atoms with Crippen molar-refractivity contribution in [2.24, 2.45) is 40.4 Å². The summed E-state index contributed by atoms with van der Waals surface area (Å²) in [6.07, 6.45) is 14.7. The Morgan fingerprint density at radius 1 is 1.03 bits per heavy atom. The molecule has 0 spiro atoms. The summed E-state index contributed by atoms with van der Waals surface area (Å²) in [5, 5.41) is 0.778. The van der Waals surface area contributed by atoms with Crippen molar-refractivity contribution in [2.45, 2.75) is 91.1 Å². The number of rotatable bonds is 3. The Labute approximate surface area is 182 Å². The standard InChI is InChI=1S/C27H39ClO/c1-18(2)27-14-12-24-23(11-10-19-7-4-5-13-26(19,24)3)25(27)16-22(17-27)29-21-9-6-8-20(28)15-21/h6,8-9,15,18-19,22-25H,4-5,7,10-14,16-17H2,1-3H3/t19-,22+,23-,24+,25+,26+,27-/m1/s1. The maximum atomic E-state index is 6.55. The molecule has 0 amide bonds. The first kappa shape index (κ1) is 20.2. The summed E-state index contributed by atoms with van der Waals surface area (Å²) in [5.74, 6) is 5.45. The third-order valence-corrected chi connectivity index (χ3v) is 10.4. The number of benzene rings is 1. The predicted molar refractivity (Wildman–Crippen MR) is 121 cm³/mol. The van der Waals surface area contributed by atoms with Gasteiger partial charge < -0.3 is 4.74 Å². The van der Waals surface area contributed by atoms with Crippen LogP contribution in [0.2, 0.25) is 5.02 Å². The van der Waals surface area contributed by atoms with Crippen molar-refractivity contribution in [1.29, 1.82) is 0 Å². The first-order chi connectivity index (χ1) is 13.9. The van der Waals surface area contributed by atoms with Crippen LogP contribution in [0.3, 0.4) is 0 Å². The van der Waals surface area contributed by atoms with E-state index in [4.69, 9.17) is 16.3 Å². The zero-order valence-corrected chi connectivity index (χ0v) is 19.4. The summed E-state index contributed by atoms with van der Waals surface area (Å²) in [6.45, 7) is 7.66. The molecule has 0 unspecified atom stereocenters. The lowest BCUT2D eigenvalue weighted by Crippen LogP contribution is -2.53. The zero-order valence-electron chi connectivity index (χ0n) is 18.6. The van der Waals surface area contributed by atoms with Crippen molar-refractivity contribution in [1.82, 2.24) is 0 Å². The Bertz CT molecular complexity index is 744. The molecule has 0 heterocycles. The minimum atomic E-state index is 0.358. The molecule has 0 saturated heterocycles. The molecule has 29 heavy (non-hydrogen) atoms. The van der Waals surface area contributed by atoms with Crippen molar-refractivity contribution in [3.05, 3.63) is 29.3 Å². The van der Waals surface area contributed by atoms with Crippen LogP contribution in [0.15, 0.2) is 24.3 Å². The van der Waals surface area contributed by atoms with E-state index in [2.05, 4.69) is 26.8 Å². The summed E-state index contributed by atoms with van der Waals surface area (Å²) in [5.41, 5.74) is 1.11. The highest BCUT2D eigenvalue weighted by Crippen LogP contribution is 2.68. The maximum absolute atomic E-state index is 6.55. The van der Waals surface area contributed by atoms with E-state index in [1.165, 1.54) is 64.2 Å². The SMILES string of the molecule is CC(C)[C@]12CC[C@H]3[C@@H](CC[C@H]4CCCC[C@@]43C)[C@@H]1C[C@H](Oc1cccc(Cl)c1)C2. The van der Waals surface area contributed by atoms with Gasteiger partial charge in [0.1, 0.15) is 5.75 Å². The second kappa shape index (κ2) is 7.47. The maximum Gasteiger partial charge on any atom is 0.121 e. The molecule has 1 nitrogen and oxygen atoms in total. The molecule has 4 aliphatic rings. The van der Waals surface area contributed by atoms with Gasteiger partial charge in [-0.1, -0.05) is 51.3 Å². The lowest BCUT2D eigenvalue weighted by atomic mass is 9.44. The van der Waals surface area contributed by atoms with Crippen molar-refractivity contribution in [3.63, 3.8) is 0 Å². The van der Waals surface area contributed by atoms with E-state index >= 15 is 0 Å². The van der Waals surface area contributed by atoms with Gasteiger partial charge in [0, 0.05) is 5.02 Å². The normalized spacial score (nSPS) is 44.1. The van der Waals surface area contributed by atoms with Crippen LogP contribution in [0.1, 0.15) is 85.0 Å². The fourth-order valence-electron chi connectivity index (χ4n) is 8.77. The summed E-state index contributed by atoms with van der Waals surface area (Å²) in [6, 6.07) is 8.01. The average Bonchev–Trinajstić information content (AvgIpc) is 3.07. The molecule has 0 N–H and O–H groups in total. The number of hydrogen-bond acceptors (Lipinski definition) is 1. The number of fused-ring (bicyclic) bond motifs is 5. The van der Waals surface area contributed by atoms with Gasteiger partial charge in [-0.05, 0) is 110 Å². The topological polar surface area (TPSA) is 9.23 Å². The lowest BCUT2D eigenvalue weighted by molar-refractivity contribution is -0.118. The van der Waals surface area contributed by atoms with E-state index in [0.717, 1.165) is 40.4 Å². The third kappa shape index (κ3) is 3.26. The van der Waals surface area contributed by atoms with Crippen LogP contribution in [-0.4, -0.2) is 6.10 Å². The second-order valence-corrected chi connectivity index (χ2v) is 11.9. The molecule has 7 atom stereocenters. The molecular weight excluding hydrogens is 376 g/mol. The van der Waals surface area contributed by atoms with Gasteiger partial charge in [-0.15, -0.1) is 0 Å². The van der Waals surface area contributed by atoms with Gasteiger partial charge in [0.05, 0.1) is 6.10 Å². The smallest absolute Gasteiger partial charge is 0.121 e. The highest BCUT2D eigenvalue weighted by molar-refractivity contribution is 6.30. The third-order valence-electron chi connectivity index (χ3n) is 10.2. The zero-order chi connectivity index (χ0) is 20.2. The molecule has 4 aliphatic carbocycles. The first-order valence-corrected chi connectivity index (χ1v) is 12.7. The number of ether oxygens (including phenoxy) is 1. The summed E-state index contributed by atoms with van der Waals surface area (Å²) >= 11 is 6.22. The van der Waals surface area contributed by atoms with Gasteiger partial charge in [0.25, 0.3) is 0 Å². The van der Waals surface area contributed by atoms with Crippen LogP contribution < -0.4 is 4.74 Å². The van der Waals surface area contributed by atoms with Crippen LogP contribution >= 0.6 is 11.6 Å². The molecular formula is C27H39ClO. The Morgan fingerprint density at radius 2 is 1.90 bits per heavy atom. The largest absolute Gasteiger partial charge is 0.490 e. The minimum absolute atomic E-state index is 0.358. The quantitative estimate of drug-likeness (QED) is 0.484. The van der Waals surface area contributed by atoms with Crippen molar-refractivity contribution in [2.75, 3.05) is 0 Å². The van der Waals surface area contributed by atoms with Crippen LogP contribution in [-0.2, 0) is 0 Å². The van der Waals surface area contributed by atoms with Crippen LogP contribution in [0.4, 0.5) is 0 Å². The fourth-order valence-corrected chi connectivity index (χ4v) is 8.95. The Kier molecular flexibility index (Phi) is 5.21. The monoisotopic (exact) mass is 414 g/mol. The summed E-state index contributed by atoms with van der Waals surface area (Å²) in [4.78, 5) is 0. The molecule has 1 aromatic rings. The van der Waals surface area contributed by atoms with Gasteiger partial charge in [-0.3, -0.25) is 0 Å². The molecule has 5 rings (SSSR count). The molecule has 160 valence electrons. The van der Waals surface area contributed by atoms with Crippen molar-refractivity contribution < 1.29 is 4.74 Å². The highest BCUT2D eigenvalue weighted by atomic mass is 35.5. The van der Waals surface area contributed by atoms with E-state index in [1.807, 2.05) is 18.2 Å². The van der Waals surface area contributed by atoms with Gasteiger partial charge in [-0.25, -0.2) is 0 Å². The Morgan fingerprint density at radius 3 is 2.69 bits per heavy atom. The first-order valence-electron chi connectivity index (χ1n) is 12.3. The van der Waals surface area contributed by atoms with E-state index < -0.39 is 0 Å². The lowest BCUT2D eigenvalue weighted by Gasteiger charge is -2.61. The predicted octanol–water partition coefficient (Wildman–Crippen LogP) is 8.16. The molecule has 4 saturated carbocycles. The van der Waals surface area contributed by atoms with E-state index in [-0.39, 0.29) is 0 Å². The Hall–Kier alpha value is -0.690. The molecule has 2 heteroatoms. The molecule has 0 bridgehead atoms. The highest BCUT2D eigenvalue weighted by Gasteiger charge is 2.61. The van der Waals surface area contributed by atoms with Crippen molar-refractivity contribution >= 4 is 11.6 Å². The number of hydrogen-bond donors (Lipinski definition) is 0. The van der Waals surface area contributed by atoms with Crippen LogP contribution in [0, 0.1) is 40.4 Å². The van der Waals surface area contributed by atoms with Crippen LogP contribution in [0.5, 0.6) is 5.75 Å². The molecule has 0 aliphatic heterocycles. The van der Waals surface area contributed by atoms with Crippen molar-refractivity contribution in [3.8, 4) is 5.75 Å². The molecule has 0 radical (unpaired) electrons.